The number of anilines is 1. The molecule has 1 N–H and O–H groups in total. The van der Waals surface area contributed by atoms with Gasteiger partial charge in [-0.05, 0) is 24.6 Å². The van der Waals surface area contributed by atoms with Gasteiger partial charge in [0, 0.05) is 6.20 Å². The number of hydrogen-bond acceptors (Lipinski definition) is 3. The lowest BCUT2D eigenvalue weighted by atomic mass is 10.2. The molecule has 2 aromatic heterocycles. The van der Waals surface area contributed by atoms with E-state index in [1.54, 1.807) is 18.3 Å². The Kier molecular flexibility index (Phi) is 3.66. The Morgan fingerprint density at radius 3 is 2.82 bits per heavy atom. The summed E-state index contributed by atoms with van der Waals surface area (Å²) in [6.45, 7) is 1.87. The van der Waals surface area contributed by atoms with Crippen molar-refractivity contribution in [3.63, 3.8) is 0 Å². The minimum Gasteiger partial charge on any atom is -0.306 e. The molecule has 2 heterocycles. The molecular weight excluding hydrogens is 279 g/mol. The summed E-state index contributed by atoms with van der Waals surface area (Å²) in [5.41, 5.74) is 1.25. The maximum atomic E-state index is 11.9. The summed E-state index contributed by atoms with van der Waals surface area (Å²) >= 11 is 12.8. The van der Waals surface area contributed by atoms with Gasteiger partial charge >= 0.3 is 0 Å². The molecule has 0 atom stereocenters. The summed E-state index contributed by atoms with van der Waals surface area (Å²) in [6, 6.07) is 5.21. The van der Waals surface area contributed by atoms with Gasteiger partial charge in [-0.15, -0.1) is 11.3 Å². The average molecular weight is 287 g/mol. The van der Waals surface area contributed by atoms with Crippen LogP contribution in [0.4, 0.5) is 5.82 Å². The molecule has 0 saturated carbocycles. The van der Waals surface area contributed by atoms with Gasteiger partial charge in [0.05, 0.1) is 9.90 Å². The quantitative estimate of drug-likeness (QED) is 0.906. The van der Waals surface area contributed by atoms with E-state index >= 15 is 0 Å². The third-order valence-electron chi connectivity index (χ3n) is 2.14. The van der Waals surface area contributed by atoms with E-state index in [1.165, 1.54) is 0 Å². The van der Waals surface area contributed by atoms with Gasteiger partial charge in [0.2, 0.25) is 0 Å². The van der Waals surface area contributed by atoms with Crippen LogP contribution >= 0.6 is 34.5 Å². The largest absolute Gasteiger partial charge is 0.306 e. The maximum Gasteiger partial charge on any atom is 0.259 e. The Labute approximate surface area is 112 Å². The van der Waals surface area contributed by atoms with Crippen LogP contribution in [0.2, 0.25) is 8.67 Å². The molecule has 0 aliphatic heterocycles. The van der Waals surface area contributed by atoms with E-state index in [1.807, 2.05) is 13.0 Å². The number of carbonyl (C=O) groups is 1. The zero-order valence-corrected chi connectivity index (χ0v) is 11.2. The molecule has 0 aliphatic carbocycles. The van der Waals surface area contributed by atoms with Crippen molar-refractivity contribution >= 4 is 46.3 Å². The van der Waals surface area contributed by atoms with E-state index in [2.05, 4.69) is 10.3 Å². The molecular formula is C11H8Cl2N2OS. The zero-order chi connectivity index (χ0) is 12.4. The number of thiophene rings is 1. The normalized spacial score (nSPS) is 10.3. The Morgan fingerprint density at radius 1 is 1.47 bits per heavy atom. The van der Waals surface area contributed by atoms with E-state index in [0.717, 1.165) is 16.9 Å². The molecule has 6 heteroatoms. The molecule has 0 bridgehead atoms. The van der Waals surface area contributed by atoms with Crippen LogP contribution in [0.25, 0.3) is 0 Å². The highest BCUT2D eigenvalue weighted by Crippen LogP contribution is 2.31. The predicted octanol–water partition coefficient (Wildman–Crippen LogP) is 4.01. The highest BCUT2D eigenvalue weighted by molar-refractivity contribution is 7.20. The Morgan fingerprint density at radius 2 is 2.24 bits per heavy atom. The number of amides is 1. The first kappa shape index (κ1) is 12.4. The summed E-state index contributed by atoms with van der Waals surface area (Å²) in [4.78, 5) is 16.0. The van der Waals surface area contributed by atoms with Crippen LogP contribution in [0.15, 0.2) is 24.4 Å². The minimum absolute atomic E-state index is 0.306. The first-order valence-corrected chi connectivity index (χ1v) is 6.33. The maximum absolute atomic E-state index is 11.9. The van der Waals surface area contributed by atoms with Crippen molar-refractivity contribution in [3.8, 4) is 0 Å². The van der Waals surface area contributed by atoms with Crippen LogP contribution in [0.1, 0.15) is 15.9 Å². The molecule has 2 rings (SSSR count). The van der Waals surface area contributed by atoms with Crippen LogP contribution in [-0.4, -0.2) is 10.9 Å². The van der Waals surface area contributed by atoms with Gasteiger partial charge in [0.1, 0.15) is 10.2 Å². The van der Waals surface area contributed by atoms with Gasteiger partial charge in [0.15, 0.2) is 0 Å². The first-order chi connectivity index (χ1) is 8.08. The molecule has 88 valence electrons. The van der Waals surface area contributed by atoms with Crippen molar-refractivity contribution in [2.24, 2.45) is 0 Å². The molecule has 0 aliphatic rings. The van der Waals surface area contributed by atoms with Gasteiger partial charge in [-0.3, -0.25) is 4.79 Å². The van der Waals surface area contributed by atoms with Crippen molar-refractivity contribution < 1.29 is 4.79 Å². The second kappa shape index (κ2) is 5.04. The van der Waals surface area contributed by atoms with Crippen molar-refractivity contribution in [1.82, 2.24) is 4.98 Å². The number of halogens is 2. The number of nitrogens with zero attached hydrogens (tertiary/aromatic N) is 1. The predicted molar refractivity (Wildman–Crippen MR) is 71.3 cm³/mol. The number of aromatic nitrogens is 1. The number of rotatable bonds is 2. The molecule has 17 heavy (non-hydrogen) atoms. The molecule has 0 aromatic carbocycles. The van der Waals surface area contributed by atoms with Crippen LogP contribution in [0, 0.1) is 6.92 Å². The minimum atomic E-state index is -0.306. The van der Waals surface area contributed by atoms with Crippen molar-refractivity contribution in [1.29, 1.82) is 0 Å². The second-order valence-corrected chi connectivity index (χ2v) is 5.65. The fourth-order valence-corrected chi connectivity index (χ4v) is 2.74. The third-order valence-corrected chi connectivity index (χ3v) is 3.63. The summed E-state index contributed by atoms with van der Waals surface area (Å²) in [5, 5.41) is 2.69. The Bertz CT molecular complexity index is 568. The van der Waals surface area contributed by atoms with Gasteiger partial charge in [-0.2, -0.15) is 0 Å². The van der Waals surface area contributed by atoms with Crippen LogP contribution in [0.3, 0.4) is 0 Å². The molecule has 0 saturated heterocycles. The molecule has 0 fully saturated rings. The van der Waals surface area contributed by atoms with E-state index in [-0.39, 0.29) is 5.91 Å². The molecule has 0 radical (unpaired) electrons. The number of carbonyl (C=O) groups excluding carboxylic acids is 1. The zero-order valence-electron chi connectivity index (χ0n) is 8.83. The van der Waals surface area contributed by atoms with Crippen LogP contribution in [-0.2, 0) is 0 Å². The van der Waals surface area contributed by atoms with Crippen LogP contribution in [0.5, 0.6) is 0 Å². The highest BCUT2D eigenvalue weighted by atomic mass is 35.5. The monoisotopic (exact) mass is 286 g/mol. The lowest BCUT2D eigenvalue weighted by molar-refractivity contribution is 0.102. The Hall–Kier alpha value is -1.10. The van der Waals surface area contributed by atoms with Crippen LogP contribution < -0.4 is 5.32 Å². The van der Waals surface area contributed by atoms with E-state index in [9.17, 15) is 4.79 Å². The number of aryl methyl sites for hydroxylation is 1. The van der Waals surface area contributed by atoms with Gasteiger partial charge in [0.25, 0.3) is 5.91 Å². The van der Waals surface area contributed by atoms with E-state index in [4.69, 9.17) is 23.2 Å². The number of nitrogens with one attached hydrogen (secondary N) is 1. The lowest BCUT2D eigenvalue weighted by Crippen LogP contribution is -2.13. The van der Waals surface area contributed by atoms with Crippen molar-refractivity contribution in [2.45, 2.75) is 6.92 Å². The summed E-state index contributed by atoms with van der Waals surface area (Å²) in [5.74, 6) is 0.218. The number of hydrogen-bond donors (Lipinski definition) is 1. The van der Waals surface area contributed by atoms with Crippen molar-refractivity contribution in [3.05, 3.63) is 44.2 Å². The summed E-state index contributed by atoms with van der Waals surface area (Å²) in [6.07, 6.45) is 1.62. The standard InChI is InChI=1S/C11H8Cl2N2OS/c1-6-3-2-4-14-10(6)15-11(16)7-5-8(12)17-9(7)13/h2-5H,1H3,(H,14,15,16). The summed E-state index contributed by atoms with van der Waals surface area (Å²) < 4.78 is 0.860. The van der Waals surface area contributed by atoms with Gasteiger partial charge in [-0.1, -0.05) is 29.3 Å². The van der Waals surface area contributed by atoms with E-state index in [0.29, 0.717) is 20.1 Å². The van der Waals surface area contributed by atoms with Gasteiger partial charge < -0.3 is 5.32 Å². The van der Waals surface area contributed by atoms with Gasteiger partial charge in [-0.25, -0.2) is 4.98 Å². The average Bonchev–Trinajstić information content (AvgIpc) is 2.61. The fourth-order valence-electron chi connectivity index (χ4n) is 1.29. The van der Waals surface area contributed by atoms with E-state index < -0.39 is 0 Å². The molecule has 1 amide bonds. The lowest BCUT2D eigenvalue weighted by Gasteiger charge is -2.05. The third kappa shape index (κ3) is 2.77. The second-order valence-electron chi connectivity index (χ2n) is 3.36. The Balaban J connectivity index is 2.23. The highest BCUT2D eigenvalue weighted by Gasteiger charge is 2.15. The SMILES string of the molecule is Cc1cccnc1NC(=O)c1cc(Cl)sc1Cl. The smallest absolute Gasteiger partial charge is 0.259 e. The topological polar surface area (TPSA) is 42.0 Å². The number of pyridine rings is 1. The first-order valence-electron chi connectivity index (χ1n) is 4.75. The van der Waals surface area contributed by atoms with Crippen molar-refractivity contribution in [2.75, 3.05) is 5.32 Å². The molecule has 3 nitrogen and oxygen atoms in total. The molecule has 0 spiro atoms. The molecule has 0 unspecified atom stereocenters. The summed E-state index contributed by atoms with van der Waals surface area (Å²) in [7, 11) is 0. The molecule has 2 aromatic rings. The fraction of sp³-hybridized carbons (Fsp3) is 0.0909.